The van der Waals surface area contributed by atoms with Gasteiger partial charge in [-0.2, -0.15) is 45.9 Å². The van der Waals surface area contributed by atoms with E-state index in [2.05, 4.69) is 202 Å². The van der Waals surface area contributed by atoms with Gasteiger partial charge in [-0.25, -0.2) is 24.9 Å². The van der Waals surface area contributed by atoms with E-state index in [1.54, 1.807) is 6.20 Å². The number of pyridine rings is 5. The van der Waals surface area contributed by atoms with Crippen molar-refractivity contribution in [3.63, 3.8) is 0 Å². The van der Waals surface area contributed by atoms with Gasteiger partial charge in [-0.15, -0.1) is 0 Å². The van der Waals surface area contributed by atoms with Gasteiger partial charge in [-0.1, -0.05) is 12.5 Å². The maximum absolute atomic E-state index is 13.4. The standard InChI is InChI=1S/C21H21N5O.C20H22N6.C19H21N7.C19H20N6.C18H17N5/c1-13-14(7-8-22-13)19-11-15(21(27)26-9-3-2-4-10-26)20-16-12-23-25-17(16)5-6-18(20)24-19;1-13-15(10-21-24-13)19-9-14(12-26-7-3-2-4-8-26)20-16-11-22-25-17(16)5-6-18(20)23-19;1-12-13(10-20-23-12)17-9-18(26-7-5-25(2)6-8-26)19-14-11-21-24-15(14)3-4-16(19)22-17;1-12-13(10-20-23-12)17-9-18(25-7-3-2-4-8-25)19-14-11-21-24-15(14)5-6-16(19)22-17;1-10-13(8-19-22-10)17-7-12(6-11-2-3-11)18-14-9-20-23-15(14)4-5-16(18)21-17/h5-7,11-12H,2-4,8-10H2,1H3,(H,23,25);5-6,9-11H,2-4,7-8,12H2,1H3,(H,21,24)(H,22,25);3-4,9-11H,5-8H2,1-2H3,(H,20,23)(H,21,24);5-6,9-11H,2-4,7-8H2,1H3,(H,20,23)(H,21,24);4-5,7-9,11H,2-3,6H2,1H3,(H,19,22)(H,20,23). The van der Waals surface area contributed by atoms with Crippen LogP contribution in [0, 0.1) is 33.6 Å². The molecule has 0 spiro atoms. The number of carbonyl (C=O) groups is 1. The molecule has 9 N–H and O–H groups in total. The van der Waals surface area contributed by atoms with Gasteiger partial charge in [0.05, 0.1) is 152 Å². The van der Waals surface area contributed by atoms with Gasteiger partial charge in [0, 0.05) is 180 Å². The third-order valence-electron chi connectivity index (χ3n) is 26.3. The zero-order valence-corrected chi connectivity index (χ0v) is 72.3. The van der Waals surface area contributed by atoms with Crippen LogP contribution in [0.3, 0.4) is 0 Å². The summed E-state index contributed by atoms with van der Waals surface area (Å²) in [5.74, 6) is 0.909. The van der Waals surface area contributed by atoms with E-state index in [-0.39, 0.29) is 5.91 Å². The molecule has 5 fully saturated rings. The Hall–Kier alpha value is -14.3. The number of likely N-dealkylation sites (N-methyl/N-ethyl adjacent to an activating group) is 1. The number of nitrogens with one attached hydrogen (secondary N) is 9. The fourth-order valence-electron chi connectivity index (χ4n) is 19.2. The molecule has 25 rings (SSSR count). The summed E-state index contributed by atoms with van der Waals surface area (Å²) in [5, 5.41) is 76.4. The number of anilines is 2. The second kappa shape index (κ2) is 34.3. The number of aryl methyl sites for hydroxylation is 4. The lowest BCUT2D eigenvalue weighted by Crippen LogP contribution is -2.44. The zero-order valence-electron chi connectivity index (χ0n) is 72.3. The topological polar surface area (TPSA) is 368 Å². The summed E-state index contributed by atoms with van der Waals surface area (Å²) in [4.78, 5) is 54.3. The van der Waals surface area contributed by atoms with Gasteiger partial charge in [0.25, 0.3) is 5.91 Å². The third kappa shape index (κ3) is 15.8. The molecule has 14 aromatic heterocycles. The Morgan fingerprint density at radius 2 is 0.724 bits per heavy atom. The van der Waals surface area contributed by atoms with Crippen molar-refractivity contribution in [1.82, 2.24) is 131 Å². The highest BCUT2D eigenvalue weighted by atomic mass is 16.2. The van der Waals surface area contributed by atoms with Crippen LogP contribution in [-0.4, -0.2) is 222 Å². The second-order valence-corrected chi connectivity index (χ2v) is 34.7. The SMILES string of the molecule is CC1=NCC=C1c1cc(C(=O)N2CCCCC2)c2c(ccc3[nH]ncc32)n1.Cc1[nH]ncc1-c1cc(CC2CC2)c2c(ccc3[nH]ncc32)n1.Cc1[nH]ncc1-c1cc(CN2CCCCC2)c2c(ccc3[nH]ncc32)n1.Cc1[nH]ncc1-c1cc(N2CCCCC2)c2c(ccc3[nH]ncc32)n1.Cc1[nH]ncc1-c1cc(N2CCN(C)CC2)c2c(ccc3[nH]ncc32)n1. The Bertz CT molecular complexity index is 7370. The molecule has 5 aromatic carbocycles. The molecule has 6 aliphatic rings. The van der Waals surface area contributed by atoms with Crippen molar-refractivity contribution in [3.05, 3.63) is 198 Å². The lowest BCUT2D eigenvalue weighted by atomic mass is 9.98. The fraction of sp³-hybridized carbons (Fsp3) is 0.320. The molecule has 1 amide bonds. The number of likely N-dealkylation sites (tertiary alicyclic amines) is 2. The average molecular weight is 1690 g/mol. The van der Waals surface area contributed by atoms with E-state index in [4.69, 9.17) is 24.9 Å². The number of carbonyl (C=O) groups excluding carboxylic acids is 1. The molecule has 0 atom stereocenters. The van der Waals surface area contributed by atoms with Gasteiger partial charge < -0.3 is 19.6 Å². The van der Waals surface area contributed by atoms with Crippen molar-refractivity contribution in [1.29, 1.82) is 0 Å². The summed E-state index contributed by atoms with van der Waals surface area (Å²) in [6.45, 7) is 22.1. The Morgan fingerprint density at radius 3 is 1.14 bits per heavy atom. The molecule has 127 heavy (non-hydrogen) atoms. The number of H-pyrrole nitrogens is 9. The highest BCUT2D eigenvalue weighted by Crippen LogP contribution is 2.43. The summed E-state index contributed by atoms with van der Waals surface area (Å²) in [7, 11) is 2.18. The number of piperazine rings is 1. The highest BCUT2D eigenvalue weighted by Gasteiger charge is 2.29. The lowest BCUT2D eigenvalue weighted by Gasteiger charge is -2.35. The molecule has 19 heterocycles. The molecular weight excluding hydrogens is 1590 g/mol. The maximum Gasteiger partial charge on any atom is 0.254 e. The van der Waals surface area contributed by atoms with Gasteiger partial charge in [0.1, 0.15) is 0 Å². The number of aromatic amines is 9. The Kier molecular flexibility index (Phi) is 21.6. The molecular formula is C97H101N29O. The molecule has 5 aliphatic heterocycles. The number of aliphatic imine (C=N–C) groups is 1. The number of aromatic nitrogens is 23. The molecule has 0 unspecified atom stereocenters. The third-order valence-corrected chi connectivity index (χ3v) is 26.3. The van der Waals surface area contributed by atoms with Crippen molar-refractivity contribution in [2.75, 3.05) is 88.8 Å². The number of hydrogen-bond acceptors (Lipinski definition) is 20. The predicted octanol–water partition coefficient (Wildman–Crippen LogP) is 17.5. The smallest absolute Gasteiger partial charge is 0.254 e. The molecule has 4 saturated heterocycles. The van der Waals surface area contributed by atoms with E-state index in [0.29, 0.717) is 12.1 Å². The van der Waals surface area contributed by atoms with Crippen LogP contribution in [0.25, 0.3) is 160 Å². The lowest BCUT2D eigenvalue weighted by molar-refractivity contribution is 0.0726. The first-order chi connectivity index (χ1) is 62.3. The van der Waals surface area contributed by atoms with E-state index in [0.717, 1.165) is 251 Å². The van der Waals surface area contributed by atoms with E-state index in [1.165, 1.54) is 120 Å². The monoisotopic (exact) mass is 1690 g/mol. The van der Waals surface area contributed by atoms with E-state index in [1.807, 2.05) is 107 Å². The van der Waals surface area contributed by atoms with Crippen molar-refractivity contribution in [3.8, 4) is 45.0 Å². The molecule has 19 aromatic rings. The fourth-order valence-corrected chi connectivity index (χ4v) is 19.2. The zero-order chi connectivity index (χ0) is 85.8. The van der Waals surface area contributed by atoms with E-state index < -0.39 is 0 Å². The molecule has 640 valence electrons. The minimum atomic E-state index is 0.0882. The van der Waals surface area contributed by atoms with Gasteiger partial charge in [-0.3, -0.25) is 60.6 Å². The first-order valence-corrected chi connectivity index (χ1v) is 44.6. The normalized spacial score (nSPS) is 15.9. The van der Waals surface area contributed by atoms with Crippen molar-refractivity contribution in [2.45, 2.75) is 118 Å². The number of fused-ring (bicyclic) bond motifs is 15. The van der Waals surface area contributed by atoms with Gasteiger partial charge in [-0.05, 0) is 233 Å². The maximum atomic E-state index is 13.4. The van der Waals surface area contributed by atoms with Crippen LogP contribution < -0.4 is 9.80 Å². The number of rotatable bonds is 12. The van der Waals surface area contributed by atoms with Crippen molar-refractivity contribution >= 4 is 138 Å². The Morgan fingerprint density at radius 1 is 0.362 bits per heavy atom. The van der Waals surface area contributed by atoms with Crippen LogP contribution in [0.5, 0.6) is 0 Å². The van der Waals surface area contributed by atoms with Crippen LogP contribution >= 0.6 is 0 Å². The number of benzene rings is 5. The Labute approximate surface area is 730 Å². The van der Waals surface area contributed by atoms with Crippen LogP contribution in [-0.2, 0) is 13.0 Å². The first kappa shape index (κ1) is 79.9. The van der Waals surface area contributed by atoms with Gasteiger partial charge >= 0.3 is 0 Å². The summed E-state index contributed by atoms with van der Waals surface area (Å²) < 4.78 is 0. The quantitative estimate of drug-likeness (QED) is 0.0548. The summed E-state index contributed by atoms with van der Waals surface area (Å²) in [5.41, 5.74) is 31.1. The van der Waals surface area contributed by atoms with Crippen molar-refractivity contribution < 1.29 is 4.79 Å². The number of amides is 1. The highest BCUT2D eigenvalue weighted by molar-refractivity contribution is 6.25. The molecule has 30 nitrogen and oxygen atoms in total. The molecule has 0 radical (unpaired) electrons. The number of nitrogens with zero attached hydrogens (tertiary/aromatic N) is 20. The van der Waals surface area contributed by atoms with E-state index >= 15 is 0 Å². The summed E-state index contributed by atoms with van der Waals surface area (Å²) >= 11 is 0. The summed E-state index contributed by atoms with van der Waals surface area (Å²) in [6, 6.07) is 31.4. The molecule has 30 heteroatoms. The van der Waals surface area contributed by atoms with Gasteiger partial charge in [0.15, 0.2) is 0 Å². The van der Waals surface area contributed by atoms with Gasteiger partial charge in [0.2, 0.25) is 0 Å². The van der Waals surface area contributed by atoms with Crippen LogP contribution in [0.15, 0.2) is 158 Å². The number of allylic oxidation sites excluding steroid dienone is 1. The van der Waals surface area contributed by atoms with Crippen LogP contribution in [0.4, 0.5) is 11.4 Å². The number of piperidine rings is 3. The van der Waals surface area contributed by atoms with Crippen molar-refractivity contribution in [2.24, 2.45) is 10.9 Å². The molecule has 1 saturated carbocycles. The minimum absolute atomic E-state index is 0.0882. The molecule has 0 bridgehead atoms. The predicted molar refractivity (Wildman–Crippen MR) is 503 cm³/mol. The average Bonchev–Trinajstić information content (AvgIpc) is 1.74. The minimum Gasteiger partial charge on any atom is -0.371 e. The van der Waals surface area contributed by atoms with E-state index in [9.17, 15) is 4.79 Å². The molecule has 1 aliphatic carbocycles. The summed E-state index contributed by atoms with van der Waals surface area (Å²) in [6.07, 6.45) is 33.8. The Balaban J connectivity index is 0.0000000968. The number of hydrogen-bond donors (Lipinski definition) is 9. The van der Waals surface area contributed by atoms with Crippen LogP contribution in [0.1, 0.15) is 128 Å². The second-order valence-electron chi connectivity index (χ2n) is 34.7. The first-order valence-electron chi connectivity index (χ1n) is 44.6. The van der Waals surface area contributed by atoms with Crippen LogP contribution in [0.2, 0.25) is 0 Å². The largest absolute Gasteiger partial charge is 0.371 e.